The predicted molar refractivity (Wildman–Crippen MR) is 113 cm³/mol. The average molecular weight is 451 g/mol. The van der Waals surface area contributed by atoms with Gasteiger partial charge in [-0.3, -0.25) is 4.79 Å². The first-order chi connectivity index (χ1) is 15.3. The number of aromatic nitrogens is 2. The first kappa shape index (κ1) is 22.3. The number of alkyl halides is 3. The molecule has 4 rings (SSSR count). The molecule has 2 aliphatic heterocycles. The number of amides is 1. The summed E-state index contributed by atoms with van der Waals surface area (Å²) >= 11 is 0. The second kappa shape index (κ2) is 9.29. The van der Waals surface area contributed by atoms with E-state index in [-0.39, 0.29) is 17.1 Å². The van der Waals surface area contributed by atoms with Crippen LogP contribution in [-0.4, -0.2) is 68.5 Å². The van der Waals surface area contributed by atoms with Crippen LogP contribution in [0.4, 0.5) is 30.5 Å². The lowest BCUT2D eigenvalue weighted by Crippen LogP contribution is -2.38. The molecule has 0 aromatic carbocycles. The molecular formula is C21H24F3N5O3. The van der Waals surface area contributed by atoms with Crippen molar-refractivity contribution in [2.75, 3.05) is 67.7 Å². The van der Waals surface area contributed by atoms with Gasteiger partial charge in [0.25, 0.3) is 0 Å². The van der Waals surface area contributed by atoms with Crippen LogP contribution in [0.15, 0.2) is 24.3 Å². The highest BCUT2D eigenvalue weighted by Gasteiger charge is 2.37. The van der Waals surface area contributed by atoms with E-state index in [0.29, 0.717) is 58.4 Å². The Hall–Kier alpha value is -2.92. The van der Waals surface area contributed by atoms with Gasteiger partial charge in [-0.2, -0.15) is 13.2 Å². The van der Waals surface area contributed by atoms with Crippen molar-refractivity contribution in [2.45, 2.75) is 13.1 Å². The van der Waals surface area contributed by atoms with Crippen molar-refractivity contribution >= 4 is 23.2 Å². The van der Waals surface area contributed by atoms with Gasteiger partial charge >= 0.3 is 6.18 Å². The topological polar surface area (TPSA) is 79.8 Å². The van der Waals surface area contributed by atoms with Crippen LogP contribution in [0.25, 0.3) is 11.3 Å². The molecule has 2 fully saturated rings. The summed E-state index contributed by atoms with van der Waals surface area (Å²) in [6, 6.07) is 6.20. The highest BCUT2D eigenvalue weighted by Crippen LogP contribution is 2.38. The van der Waals surface area contributed by atoms with Crippen LogP contribution in [0.1, 0.15) is 12.6 Å². The van der Waals surface area contributed by atoms with E-state index in [4.69, 9.17) is 9.47 Å². The zero-order valence-corrected chi connectivity index (χ0v) is 17.6. The van der Waals surface area contributed by atoms with Crippen LogP contribution in [0.2, 0.25) is 0 Å². The molecule has 11 heteroatoms. The van der Waals surface area contributed by atoms with Crippen molar-refractivity contribution in [3.63, 3.8) is 0 Å². The van der Waals surface area contributed by atoms with E-state index in [2.05, 4.69) is 20.2 Å². The lowest BCUT2D eigenvalue weighted by atomic mass is 10.1. The van der Waals surface area contributed by atoms with E-state index in [0.717, 1.165) is 5.69 Å². The molecule has 0 radical (unpaired) electrons. The fourth-order valence-electron chi connectivity index (χ4n) is 3.73. The second-order valence-corrected chi connectivity index (χ2v) is 7.54. The monoisotopic (exact) mass is 451 g/mol. The Morgan fingerprint density at radius 2 is 1.59 bits per heavy atom. The third-order valence-electron chi connectivity index (χ3n) is 5.25. The van der Waals surface area contributed by atoms with Crippen molar-refractivity contribution in [2.24, 2.45) is 0 Å². The van der Waals surface area contributed by atoms with E-state index in [1.807, 2.05) is 11.0 Å². The first-order valence-corrected chi connectivity index (χ1v) is 10.3. The van der Waals surface area contributed by atoms with Crippen molar-refractivity contribution in [3.05, 3.63) is 30.0 Å². The predicted octanol–water partition coefficient (Wildman–Crippen LogP) is 2.79. The first-order valence-electron chi connectivity index (χ1n) is 10.3. The van der Waals surface area contributed by atoms with Gasteiger partial charge in [-0.15, -0.1) is 0 Å². The smallest absolute Gasteiger partial charge is 0.378 e. The molecule has 2 aromatic heterocycles. The lowest BCUT2D eigenvalue weighted by molar-refractivity contribution is -0.140. The average Bonchev–Trinajstić information content (AvgIpc) is 2.79. The summed E-state index contributed by atoms with van der Waals surface area (Å²) in [5.41, 5.74) is -0.289. The molecule has 0 spiro atoms. The van der Waals surface area contributed by atoms with Crippen molar-refractivity contribution < 1.29 is 27.4 Å². The molecule has 0 atom stereocenters. The number of hydrogen-bond donors (Lipinski definition) is 1. The molecule has 2 aliphatic rings. The highest BCUT2D eigenvalue weighted by atomic mass is 19.4. The number of pyridine rings is 2. The molecular weight excluding hydrogens is 427 g/mol. The van der Waals surface area contributed by atoms with Crippen LogP contribution in [-0.2, 0) is 20.4 Å². The third kappa shape index (κ3) is 5.10. The van der Waals surface area contributed by atoms with Gasteiger partial charge < -0.3 is 24.6 Å². The van der Waals surface area contributed by atoms with Crippen LogP contribution in [0.5, 0.6) is 0 Å². The molecule has 8 nitrogen and oxygen atoms in total. The van der Waals surface area contributed by atoms with Crippen LogP contribution >= 0.6 is 0 Å². The van der Waals surface area contributed by atoms with Gasteiger partial charge in [-0.1, -0.05) is 0 Å². The summed E-state index contributed by atoms with van der Waals surface area (Å²) in [6.07, 6.45) is -4.72. The van der Waals surface area contributed by atoms with Gasteiger partial charge in [-0.05, 0) is 18.2 Å². The summed E-state index contributed by atoms with van der Waals surface area (Å²) in [4.78, 5) is 23.6. The fraction of sp³-hybridized carbons (Fsp3) is 0.476. The zero-order valence-electron chi connectivity index (χ0n) is 17.6. The van der Waals surface area contributed by atoms with Crippen molar-refractivity contribution in [1.29, 1.82) is 0 Å². The summed E-state index contributed by atoms with van der Waals surface area (Å²) < 4.78 is 52.5. The maximum atomic E-state index is 13.9. The molecule has 0 bridgehead atoms. The van der Waals surface area contributed by atoms with Crippen molar-refractivity contribution in [1.82, 2.24) is 9.97 Å². The Bertz CT molecular complexity index is 937. The Morgan fingerprint density at radius 3 is 2.19 bits per heavy atom. The summed E-state index contributed by atoms with van der Waals surface area (Å²) in [7, 11) is 0. The molecule has 0 saturated carbocycles. The summed E-state index contributed by atoms with van der Waals surface area (Å²) in [5.74, 6) is -0.0712. The van der Waals surface area contributed by atoms with E-state index >= 15 is 0 Å². The Morgan fingerprint density at radius 1 is 0.969 bits per heavy atom. The van der Waals surface area contributed by atoms with E-state index in [9.17, 15) is 18.0 Å². The summed E-state index contributed by atoms with van der Waals surface area (Å²) in [6.45, 7) is 5.84. The number of rotatable bonds is 4. The largest absolute Gasteiger partial charge is 0.434 e. The second-order valence-electron chi connectivity index (χ2n) is 7.54. The minimum atomic E-state index is -4.72. The maximum Gasteiger partial charge on any atom is 0.434 e. The zero-order chi connectivity index (χ0) is 22.7. The number of halogens is 3. The molecule has 1 N–H and O–H groups in total. The van der Waals surface area contributed by atoms with Crippen LogP contribution < -0.4 is 15.1 Å². The number of morpholine rings is 2. The van der Waals surface area contributed by atoms with E-state index in [1.165, 1.54) is 19.1 Å². The maximum absolute atomic E-state index is 13.9. The lowest BCUT2D eigenvalue weighted by Gasteiger charge is -2.32. The Kier molecular flexibility index (Phi) is 6.47. The van der Waals surface area contributed by atoms with Crippen LogP contribution in [0, 0.1) is 0 Å². The molecule has 1 amide bonds. The third-order valence-corrected chi connectivity index (χ3v) is 5.25. The Balaban J connectivity index is 1.81. The molecule has 4 heterocycles. The number of anilines is 3. The number of carbonyl (C=O) groups excluding carboxylic acids is 1. The molecule has 0 unspecified atom stereocenters. The molecule has 2 aromatic rings. The fourth-order valence-corrected chi connectivity index (χ4v) is 3.73. The van der Waals surface area contributed by atoms with Crippen molar-refractivity contribution in [3.8, 4) is 11.3 Å². The Labute approximate surface area is 183 Å². The molecule has 32 heavy (non-hydrogen) atoms. The number of hydrogen-bond acceptors (Lipinski definition) is 7. The quantitative estimate of drug-likeness (QED) is 0.766. The number of nitrogens with zero attached hydrogens (tertiary/aromatic N) is 4. The summed E-state index contributed by atoms with van der Waals surface area (Å²) in [5, 5.41) is 2.31. The minimum Gasteiger partial charge on any atom is -0.378 e. The molecule has 2 saturated heterocycles. The highest BCUT2D eigenvalue weighted by molar-refractivity contribution is 5.88. The van der Waals surface area contributed by atoms with Gasteiger partial charge in [0.15, 0.2) is 5.69 Å². The van der Waals surface area contributed by atoms with Crippen LogP contribution in [0.3, 0.4) is 0 Å². The number of nitrogens with one attached hydrogen (secondary N) is 1. The van der Waals surface area contributed by atoms with E-state index < -0.39 is 17.8 Å². The molecule has 172 valence electrons. The van der Waals surface area contributed by atoms with Gasteiger partial charge in [0.1, 0.15) is 11.6 Å². The van der Waals surface area contributed by atoms with Gasteiger partial charge in [-0.25, -0.2) is 9.97 Å². The number of carbonyl (C=O) groups is 1. The normalized spacial score (nSPS) is 17.4. The SMILES string of the molecule is CC(=O)Nc1ccc(-c2cc(N3CCOCC3)cc(N3CCOCC3)n2)c(C(F)(F)F)n1. The standard InChI is InChI=1S/C21H24F3N5O3/c1-14(30)25-18-3-2-16(20(27-18)21(22,23)24)17-12-15(28-4-8-31-9-5-28)13-19(26-17)29-6-10-32-11-7-29/h2-3,12-13H,4-11H2,1H3,(H,25,27,30). The molecule has 0 aliphatic carbocycles. The minimum absolute atomic E-state index is 0.142. The van der Waals surface area contributed by atoms with Gasteiger partial charge in [0.2, 0.25) is 5.91 Å². The van der Waals surface area contributed by atoms with E-state index in [1.54, 1.807) is 6.07 Å². The number of ether oxygens (including phenoxy) is 2. The van der Waals surface area contributed by atoms with Gasteiger partial charge in [0.05, 0.1) is 32.1 Å². The van der Waals surface area contributed by atoms with Gasteiger partial charge in [0, 0.05) is 50.4 Å².